The average Bonchev–Trinajstić information content (AvgIpc) is 3.35. The lowest BCUT2D eigenvalue weighted by molar-refractivity contribution is -0.141. The Morgan fingerprint density at radius 3 is 2.72 bits per heavy atom. The number of oxazole rings is 1. The number of benzene rings is 2. The van der Waals surface area contributed by atoms with Crippen LogP contribution in [0.1, 0.15) is 17.0 Å². The maximum absolute atomic E-state index is 11.3. The van der Waals surface area contributed by atoms with E-state index < -0.39 is 12.0 Å². The summed E-state index contributed by atoms with van der Waals surface area (Å²) in [4.78, 5) is 17.8. The second-order valence-electron chi connectivity index (χ2n) is 6.92. The number of rotatable bonds is 7. The molecule has 1 fully saturated rings. The highest BCUT2D eigenvalue weighted by Gasteiger charge is 2.30. The molecule has 0 amide bonds. The van der Waals surface area contributed by atoms with Crippen molar-refractivity contribution in [1.29, 1.82) is 0 Å². The zero-order valence-electron chi connectivity index (χ0n) is 16.1. The molecule has 0 aliphatic carbocycles. The molecule has 0 bridgehead atoms. The monoisotopic (exact) mass is 410 g/mol. The van der Waals surface area contributed by atoms with Gasteiger partial charge >= 0.3 is 5.97 Å². The third kappa shape index (κ3) is 4.63. The maximum Gasteiger partial charge on any atom is 0.321 e. The van der Waals surface area contributed by atoms with E-state index in [1.165, 1.54) is 0 Å². The molecule has 1 aromatic heterocycles. The van der Waals surface area contributed by atoms with Gasteiger partial charge in [0.1, 0.15) is 29.9 Å². The van der Waals surface area contributed by atoms with Gasteiger partial charge in [-0.2, -0.15) is 0 Å². The van der Waals surface area contributed by atoms with E-state index in [0.29, 0.717) is 24.8 Å². The van der Waals surface area contributed by atoms with Crippen molar-refractivity contribution in [2.45, 2.75) is 26.1 Å². The number of aliphatic carboxylic acids is 1. The van der Waals surface area contributed by atoms with Crippen LogP contribution in [-0.4, -0.2) is 38.6 Å². The summed E-state index contributed by atoms with van der Waals surface area (Å²) >= 11 is 1.65. The first kappa shape index (κ1) is 19.5. The van der Waals surface area contributed by atoms with Crippen LogP contribution < -0.4 is 4.74 Å². The standard InChI is InChI=1S/C22H22N2O4S/c1-15-19(23-21(28-15)17-5-3-2-4-6-17)12-27-18-9-7-16(8-10-18)11-24-14-29-13-20(24)22(25)26/h2-10,20H,11-14H2,1H3,(H,25,26). The molecule has 1 aliphatic heterocycles. The smallest absolute Gasteiger partial charge is 0.321 e. The normalized spacial score (nSPS) is 16.8. The molecule has 1 atom stereocenters. The molecule has 2 aromatic carbocycles. The average molecular weight is 410 g/mol. The number of hydrogen-bond acceptors (Lipinski definition) is 6. The SMILES string of the molecule is Cc1oc(-c2ccccc2)nc1COc1ccc(CN2CSCC2C(=O)O)cc1. The largest absolute Gasteiger partial charge is 0.487 e. The van der Waals surface area contributed by atoms with E-state index in [2.05, 4.69) is 4.98 Å². The van der Waals surface area contributed by atoms with Gasteiger partial charge in [-0.25, -0.2) is 4.98 Å². The Bertz CT molecular complexity index is 972. The van der Waals surface area contributed by atoms with Gasteiger partial charge in [-0.15, -0.1) is 11.8 Å². The van der Waals surface area contributed by atoms with Gasteiger partial charge in [0.25, 0.3) is 0 Å². The van der Waals surface area contributed by atoms with Crippen LogP contribution in [0.3, 0.4) is 0 Å². The molecular formula is C22H22N2O4S. The van der Waals surface area contributed by atoms with Gasteiger partial charge in [0, 0.05) is 23.7 Å². The minimum atomic E-state index is -0.757. The summed E-state index contributed by atoms with van der Waals surface area (Å²) in [5.41, 5.74) is 2.77. The molecule has 0 radical (unpaired) electrons. The van der Waals surface area contributed by atoms with Crippen molar-refractivity contribution in [2.24, 2.45) is 0 Å². The lowest BCUT2D eigenvalue weighted by Crippen LogP contribution is -2.37. The van der Waals surface area contributed by atoms with Crippen LogP contribution in [-0.2, 0) is 17.9 Å². The zero-order valence-corrected chi connectivity index (χ0v) is 16.9. The van der Waals surface area contributed by atoms with E-state index in [9.17, 15) is 9.90 Å². The van der Waals surface area contributed by atoms with Gasteiger partial charge in [-0.05, 0) is 36.8 Å². The van der Waals surface area contributed by atoms with Crippen LogP contribution in [0, 0.1) is 6.92 Å². The summed E-state index contributed by atoms with van der Waals surface area (Å²) in [6.45, 7) is 2.83. The molecular weight excluding hydrogens is 388 g/mol. The van der Waals surface area contributed by atoms with Crippen molar-refractivity contribution in [3.05, 3.63) is 71.6 Å². The third-order valence-electron chi connectivity index (χ3n) is 4.86. The predicted molar refractivity (Wildman–Crippen MR) is 112 cm³/mol. The number of carboxylic acid groups (broad SMARTS) is 1. The number of aryl methyl sites for hydroxylation is 1. The molecule has 0 spiro atoms. The van der Waals surface area contributed by atoms with E-state index in [1.54, 1.807) is 11.8 Å². The molecule has 1 N–H and O–H groups in total. The highest BCUT2D eigenvalue weighted by Crippen LogP contribution is 2.25. The Labute approximate surface area is 173 Å². The maximum atomic E-state index is 11.3. The number of nitrogens with zero attached hydrogens (tertiary/aromatic N) is 2. The fourth-order valence-corrected chi connectivity index (χ4v) is 4.39. The molecule has 29 heavy (non-hydrogen) atoms. The van der Waals surface area contributed by atoms with Crippen LogP contribution >= 0.6 is 11.8 Å². The van der Waals surface area contributed by atoms with Crippen LogP contribution in [0.25, 0.3) is 11.5 Å². The molecule has 7 heteroatoms. The summed E-state index contributed by atoms with van der Waals surface area (Å²) in [5.74, 6) is 2.69. The van der Waals surface area contributed by atoms with E-state index in [-0.39, 0.29) is 0 Å². The van der Waals surface area contributed by atoms with Gasteiger partial charge in [-0.3, -0.25) is 9.69 Å². The number of carbonyl (C=O) groups is 1. The number of aromatic nitrogens is 1. The Hall–Kier alpha value is -2.77. The number of ether oxygens (including phenoxy) is 1. The van der Waals surface area contributed by atoms with Crippen LogP contribution in [0.4, 0.5) is 0 Å². The number of thioether (sulfide) groups is 1. The lowest BCUT2D eigenvalue weighted by atomic mass is 10.2. The van der Waals surface area contributed by atoms with Crippen molar-refractivity contribution in [1.82, 2.24) is 9.88 Å². The minimum Gasteiger partial charge on any atom is -0.487 e. The molecule has 4 rings (SSSR count). The van der Waals surface area contributed by atoms with Crippen LogP contribution in [0.5, 0.6) is 5.75 Å². The Balaban J connectivity index is 1.36. The molecule has 6 nitrogen and oxygen atoms in total. The summed E-state index contributed by atoms with van der Waals surface area (Å²) in [6, 6.07) is 17.1. The molecule has 0 saturated carbocycles. The van der Waals surface area contributed by atoms with Crippen molar-refractivity contribution in [3.63, 3.8) is 0 Å². The highest BCUT2D eigenvalue weighted by atomic mass is 32.2. The summed E-state index contributed by atoms with van der Waals surface area (Å²) < 4.78 is 11.6. The van der Waals surface area contributed by atoms with Crippen molar-refractivity contribution in [3.8, 4) is 17.2 Å². The van der Waals surface area contributed by atoms with E-state index in [1.807, 2.05) is 66.4 Å². The topological polar surface area (TPSA) is 75.8 Å². The molecule has 3 aromatic rings. The van der Waals surface area contributed by atoms with Crippen molar-refractivity contribution >= 4 is 17.7 Å². The number of carboxylic acids is 1. The van der Waals surface area contributed by atoms with Gasteiger partial charge in [0.2, 0.25) is 5.89 Å². The van der Waals surface area contributed by atoms with E-state index >= 15 is 0 Å². The van der Waals surface area contributed by atoms with Crippen molar-refractivity contribution in [2.75, 3.05) is 11.6 Å². The Kier molecular flexibility index (Phi) is 5.87. The summed E-state index contributed by atoms with van der Waals surface area (Å²) in [6.07, 6.45) is 0. The minimum absolute atomic E-state index is 0.325. The first-order chi connectivity index (χ1) is 14.1. The third-order valence-corrected chi connectivity index (χ3v) is 5.92. The zero-order chi connectivity index (χ0) is 20.2. The van der Waals surface area contributed by atoms with Crippen molar-refractivity contribution < 1.29 is 19.1 Å². The molecule has 1 aliphatic rings. The van der Waals surface area contributed by atoms with Gasteiger partial charge in [0.05, 0.1) is 0 Å². The fraction of sp³-hybridized carbons (Fsp3) is 0.273. The molecule has 2 heterocycles. The van der Waals surface area contributed by atoms with Crippen LogP contribution in [0.2, 0.25) is 0 Å². The first-order valence-electron chi connectivity index (χ1n) is 9.38. The Morgan fingerprint density at radius 1 is 1.24 bits per heavy atom. The molecule has 1 saturated heterocycles. The molecule has 150 valence electrons. The first-order valence-corrected chi connectivity index (χ1v) is 10.5. The van der Waals surface area contributed by atoms with Gasteiger partial charge < -0.3 is 14.3 Å². The second kappa shape index (κ2) is 8.71. The van der Waals surface area contributed by atoms with Gasteiger partial charge in [-0.1, -0.05) is 30.3 Å². The molecule has 1 unspecified atom stereocenters. The second-order valence-corrected chi connectivity index (χ2v) is 7.92. The van der Waals surface area contributed by atoms with Gasteiger partial charge in [0.15, 0.2) is 0 Å². The van der Waals surface area contributed by atoms with Crippen LogP contribution in [0.15, 0.2) is 59.0 Å². The Morgan fingerprint density at radius 2 is 2.00 bits per heavy atom. The number of hydrogen-bond donors (Lipinski definition) is 1. The summed E-state index contributed by atoms with van der Waals surface area (Å²) in [5, 5.41) is 9.29. The summed E-state index contributed by atoms with van der Waals surface area (Å²) in [7, 11) is 0. The lowest BCUT2D eigenvalue weighted by Gasteiger charge is -2.20. The highest BCUT2D eigenvalue weighted by molar-refractivity contribution is 7.99. The predicted octanol–water partition coefficient (Wildman–Crippen LogP) is 4.19. The fourth-order valence-electron chi connectivity index (χ4n) is 3.20. The quantitative estimate of drug-likeness (QED) is 0.626. The van der Waals surface area contributed by atoms with E-state index in [0.717, 1.165) is 34.2 Å². The van der Waals surface area contributed by atoms with E-state index in [4.69, 9.17) is 9.15 Å².